The van der Waals surface area contributed by atoms with Gasteiger partial charge in [-0.05, 0) is 25.2 Å². The predicted octanol–water partition coefficient (Wildman–Crippen LogP) is 0.406. The van der Waals surface area contributed by atoms with E-state index in [1.165, 1.54) is 11.9 Å². The number of hydrogen-bond acceptors (Lipinski definition) is 3. The van der Waals surface area contributed by atoms with Gasteiger partial charge in [0.25, 0.3) is 0 Å². The van der Waals surface area contributed by atoms with E-state index < -0.39 is 29.5 Å². The van der Waals surface area contributed by atoms with E-state index in [0.717, 1.165) is 12.8 Å². The molecule has 0 saturated carbocycles. The van der Waals surface area contributed by atoms with E-state index >= 15 is 0 Å². The Morgan fingerprint density at radius 1 is 1.35 bits per heavy atom. The summed E-state index contributed by atoms with van der Waals surface area (Å²) in [6.45, 7) is 5.62. The smallest absolute Gasteiger partial charge is 0.327 e. The molecule has 1 aliphatic rings. The third-order valence-corrected chi connectivity index (χ3v) is 3.75. The molecule has 114 valence electrons. The standard InChI is InChI=1S/C13H23N3O4/c1-8(10(17)14-4)15-12(20)16-7-5-6-13(2,3)9(16)11(18)19/h8-9H,5-7H2,1-4H3,(H,14,17)(H,15,20)(H,18,19). The minimum Gasteiger partial charge on any atom is -0.480 e. The molecule has 0 aromatic rings. The second-order valence-corrected chi connectivity index (χ2v) is 5.81. The molecule has 20 heavy (non-hydrogen) atoms. The first-order chi connectivity index (χ1) is 9.20. The van der Waals surface area contributed by atoms with Crippen LogP contribution < -0.4 is 10.6 Å². The molecule has 0 spiro atoms. The van der Waals surface area contributed by atoms with Crippen molar-refractivity contribution >= 4 is 17.9 Å². The number of carboxylic acids is 1. The number of likely N-dealkylation sites (tertiary alicyclic amines) is 1. The quantitative estimate of drug-likeness (QED) is 0.699. The SMILES string of the molecule is CNC(=O)C(C)NC(=O)N1CCCC(C)(C)C1C(=O)O. The Kier molecular flexibility index (Phi) is 4.97. The predicted molar refractivity (Wildman–Crippen MR) is 73.2 cm³/mol. The van der Waals surface area contributed by atoms with Crippen LogP contribution in [0.4, 0.5) is 4.79 Å². The van der Waals surface area contributed by atoms with Crippen molar-refractivity contribution in [1.82, 2.24) is 15.5 Å². The number of hydrogen-bond donors (Lipinski definition) is 3. The number of carbonyl (C=O) groups is 3. The van der Waals surface area contributed by atoms with Gasteiger partial charge in [-0.1, -0.05) is 13.8 Å². The molecular formula is C13H23N3O4. The average Bonchev–Trinajstić information content (AvgIpc) is 2.35. The lowest BCUT2D eigenvalue weighted by Crippen LogP contribution is -2.60. The lowest BCUT2D eigenvalue weighted by atomic mass is 9.76. The second kappa shape index (κ2) is 6.11. The van der Waals surface area contributed by atoms with E-state index in [2.05, 4.69) is 10.6 Å². The zero-order valence-corrected chi connectivity index (χ0v) is 12.4. The summed E-state index contributed by atoms with van der Waals surface area (Å²) in [5, 5.41) is 14.4. The molecule has 7 heteroatoms. The van der Waals surface area contributed by atoms with Crippen molar-refractivity contribution in [1.29, 1.82) is 0 Å². The average molecular weight is 285 g/mol. The van der Waals surface area contributed by atoms with E-state index in [1.807, 2.05) is 13.8 Å². The number of likely N-dealkylation sites (N-methyl/N-ethyl adjacent to an activating group) is 1. The number of piperidine rings is 1. The Balaban J connectivity index is 2.84. The lowest BCUT2D eigenvalue weighted by molar-refractivity contribution is -0.148. The Labute approximate surface area is 118 Å². The number of aliphatic carboxylic acids is 1. The molecule has 0 aliphatic carbocycles. The first kappa shape index (κ1) is 16.3. The minimum atomic E-state index is -1.02. The van der Waals surface area contributed by atoms with E-state index in [-0.39, 0.29) is 5.91 Å². The molecule has 2 unspecified atom stereocenters. The van der Waals surface area contributed by atoms with Crippen LogP contribution >= 0.6 is 0 Å². The van der Waals surface area contributed by atoms with E-state index in [4.69, 9.17) is 0 Å². The molecule has 3 N–H and O–H groups in total. The first-order valence-electron chi connectivity index (χ1n) is 6.72. The fraction of sp³-hybridized carbons (Fsp3) is 0.769. The Morgan fingerprint density at radius 3 is 2.45 bits per heavy atom. The minimum absolute atomic E-state index is 0.318. The molecule has 1 heterocycles. The van der Waals surface area contributed by atoms with Crippen molar-refractivity contribution in [2.24, 2.45) is 5.41 Å². The molecule has 1 saturated heterocycles. The maximum Gasteiger partial charge on any atom is 0.327 e. The van der Waals surface area contributed by atoms with E-state index in [0.29, 0.717) is 6.54 Å². The summed E-state index contributed by atoms with van der Waals surface area (Å²) in [5.74, 6) is -1.33. The molecule has 1 rings (SSSR count). The maximum absolute atomic E-state index is 12.2. The van der Waals surface area contributed by atoms with Gasteiger partial charge >= 0.3 is 12.0 Å². The number of carboxylic acid groups (broad SMARTS) is 1. The number of urea groups is 1. The van der Waals surface area contributed by atoms with Crippen LogP contribution in [-0.4, -0.2) is 53.6 Å². The zero-order valence-electron chi connectivity index (χ0n) is 12.4. The van der Waals surface area contributed by atoms with Gasteiger partial charge < -0.3 is 20.6 Å². The van der Waals surface area contributed by atoms with Crippen LogP contribution in [0.1, 0.15) is 33.6 Å². The zero-order chi connectivity index (χ0) is 15.5. The number of amides is 3. The van der Waals surface area contributed by atoms with Crippen LogP contribution in [0, 0.1) is 5.41 Å². The summed E-state index contributed by atoms with van der Waals surface area (Å²) in [6.07, 6.45) is 1.50. The van der Waals surface area contributed by atoms with Crippen LogP contribution in [0.2, 0.25) is 0 Å². The number of nitrogens with one attached hydrogen (secondary N) is 2. The lowest BCUT2D eigenvalue weighted by Gasteiger charge is -2.44. The van der Waals surface area contributed by atoms with Crippen LogP contribution in [0.25, 0.3) is 0 Å². The molecule has 1 aliphatic heterocycles. The first-order valence-corrected chi connectivity index (χ1v) is 6.72. The third-order valence-electron chi connectivity index (χ3n) is 3.75. The van der Waals surface area contributed by atoms with Crippen LogP contribution in [-0.2, 0) is 9.59 Å². The Morgan fingerprint density at radius 2 is 1.95 bits per heavy atom. The van der Waals surface area contributed by atoms with Gasteiger partial charge in [0.2, 0.25) is 5.91 Å². The molecule has 1 fully saturated rings. The molecule has 0 aromatic carbocycles. The highest BCUT2D eigenvalue weighted by molar-refractivity contribution is 5.88. The van der Waals surface area contributed by atoms with Gasteiger partial charge in [-0.15, -0.1) is 0 Å². The van der Waals surface area contributed by atoms with Crippen molar-refractivity contribution in [3.8, 4) is 0 Å². The summed E-state index contributed by atoms with van der Waals surface area (Å²) in [5.41, 5.74) is -0.488. The number of nitrogens with zero attached hydrogens (tertiary/aromatic N) is 1. The van der Waals surface area contributed by atoms with Gasteiger partial charge in [-0.25, -0.2) is 9.59 Å². The molecule has 2 atom stereocenters. The molecule has 3 amide bonds. The summed E-state index contributed by atoms with van der Waals surface area (Å²) in [6, 6.07) is -2.10. The highest BCUT2D eigenvalue weighted by atomic mass is 16.4. The van der Waals surface area contributed by atoms with Crippen molar-refractivity contribution in [3.63, 3.8) is 0 Å². The van der Waals surface area contributed by atoms with Gasteiger partial charge in [0.15, 0.2) is 0 Å². The van der Waals surface area contributed by atoms with Crippen molar-refractivity contribution in [3.05, 3.63) is 0 Å². The summed E-state index contributed by atoms with van der Waals surface area (Å²) in [4.78, 5) is 36.4. The van der Waals surface area contributed by atoms with Crippen LogP contribution in [0.3, 0.4) is 0 Å². The fourth-order valence-electron chi connectivity index (χ4n) is 2.63. The summed E-state index contributed by atoms with van der Waals surface area (Å²) < 4.78 is 0. The molecule has 0 aromatic heterocycles. The Bertz CT molecular complexity index is 408. The third kappa shape index (κ3) is 3.40. The largest absolute Gasteiger partial charge is 0.480 e. The summed E-state index contributed by atoms with van der Waals surface area (Å²) in [7, 11) is 1.48. The molecule has 7 nitrogen and oxygen atoms in total. The van der Waals surface area contributed by atoms with E-state index in [9.17, 15) is 19.5 Å². The van der Waals surface area contributed by atoms with Gasteiger partial charge in [-0.2, -0.15) is 0 Å². The van der Waals surface area contributed by atoms with Crippen molar-refractivity contribution in [2.45, 2.75) is 45.7 Å². The van der Waals surface area contributed by atoms with Crippen molar-refractivity contribution < 1.29 is 19.5 Å². The normalized spacial score (nSPS) is 22.8. The number of carbonyl (C=O) groups excluding carboxylic acids is 2. The van der Waals surface area contributed by atoms with Gasteiger partial charge in [0, 0.05) is 13.6 Å². The molecule has 0 bridgehead atoms. The monoisotopic (exact) mass is 285 g/mol. The molecule has 0 radical (unpaired) electrons. The van der Waals surface area contributed by atoms with Gasteiger partial charge in [0.05, 0.1) is 0 Å². The number of rotatable bonds is 3. The maximum atomic E-state index is 12.2. The highest BCUT2D eigenvalue weighted by Gasteiger charge is 2.44. The highest BCUT2D eigenvalue weighted by Crippen LogP contribution is 2.35. The topological polar surface area (TPSA) is 98.7 Å². The second-order valence-electron chi connectivity index (χ2n) is 5.81. The fourth-order valence-corrected chi connectivity index (χ4v) is 2.63. The van der Waals surface area contributed by atoms with Gasteiger partial charge in [-0.3, -0.25) is 4.79 Å². The van der Waals surface area contributed by atoms with Crippen LogP contribution in [0.15, 0.2) is 0 Å². The molecular weight excluding hydrogens is 262 g/mol. The summed E-state index contributed by atoms with van der Waals surface area (Å²) >= 11 is 0. The Hall–Kier alpha value is -1.79. The van der Waals surface area contributed by atoms with Crippen molar-refractivity contribution in [2.75, 3.05) is 13.6 Å². The van der Waals surface area contributed by atoms with Crippen LogP contribution in [0.5, 0.6) is 0 Å². The van der Waals surface area contributed by atoms with E-state index in [1.54, 1.807) is 6.92 Å². The van der Waals surface area contributed by atoms with Gasteiger partial charge in [0.1, 0.15) is 12.1 Å².